The Hall–Kier alpha value is -1.16. The second-order valence-corrected chi connectivity index (χ2v) is 6.67. The molecule has 1 aliphatic carbocycles. The minimum Gasteiger partial charge on any atom is -0.352 e. The molecule has 0 aliphatic heterocycles. The molecule has 0 amide bonds. The molecule has 4 heteroatoms. The Morgan fingerprint density at radius 2 is 1.95 bits per heavy atom. The fourth-order valence-corrected chi connectivity index (χ4v) is 2.32. The van der Waals surface area contributed by atoms with E-state index in [1.165, 1.54) is 12.8 Å². The molecule has 0 saturated heterocycles. The summed E-state index contributed by atoms with van der Waals surface area (Å²) in [7, 11) is 0. The highest BCUT2D eigenvalue weighted by Gasteiger charge is 2.30. The molecule has 1 heterocycles. The molecule has 2 rings (SSSR count). The number of nitrogens with zero attached hydrogens (tertiary/aromatic N) is 3. The zero-order valence-electron chi connectivity index (χ0n) is 13.3. The summed E-state index contributed by atoms with van der Waals surface area (Å²) < 4.78 is 0. The van der Waals surface area contributed by atoms with Crippen molar-refractivity contribution < 1.29 is 0 Å². The highest BCUT2D eigenvalue weighted by atomic mass is 15.2. The molecule has 112 valence electrons. The molecule has 0 unspecified atom stereocenters. The van der Waals surface area contributed by atoms with E-state index in [4.69, 9.17) is 4.98 Å². The van der Waals surface area contributed by atoms with Crippen LogP contribution in [0.1, 0.15) is 46.2 Å². The lowest BCUT2D eigenvalue weighted by atomic mass is 10.2. The Kier molecular flexibility index (Phi) is 5.35. The van der Waals surface area contributed by atoms with Crippen LogP contribution in [0.25, 0.3) is 0 Å². The third-order valence-corrected chi connectivity index (χ3v) is 3.37. The predicted molar refractivity (Wildman–Crippen MR) is 83.8 cm³/mol. The zero-order valence-corrected chi connectivity index (χ0v) is 13.3. The van der Waals surface area contributed by atoms with Gasteiger partial charge >= 0.3 is 0 Å². The largest absolute Gasteiger partial charge is 0.352 e. The number of anilines is 1. The molecule has 1 aromatic heterocycles. The van der Waals surface area contributed by atoms with Crippen molar-refractivity contribution in [2.24, 2.45) is 11.8 Å². The lowest BCUT2D eigenvalue weighted by molar-refractivity contribution is 0.546. The van der Waals surface area contributed by atoms with Gasteiger partial charge < -0.3 is 10.2 Å². The standard InChI is InChI=1S/C16H28N4/c1-12(2)7-17-8-14-9-18-10-16(19-14)20(11-13(3)4)15-5-6-15/h9-10,12-13,15,17H,5-8,11H2,1-4H3. The van der Waals surface area contributed by atoms with Crippen LogP contribution in [-0.2, 0) is 6.54 Å². The Balaban J connectivity index is 1.99. The van der Waals surface area contributed by atoms with E-state index in [0.717, 1.165) is 31.1 Å². The summed E-state index contributed by atoms with van der Waals surface area (Å²) in [6, 6.07) is 0.686. The maximum Gasteiger partial charge on any atom is 0.147 e. The van der Waals surface area contributed by atoms with Gasteiger partial charge in [-0.15, -0.1) is 0 Å². The van der Waals surface area contributed by atoms with Gasteiger partial charge in [0.15, 0.2) is 0 Å². The molecule has 0 aromatic carbocycles. The van der Waals surface area contributed by atoms with E-state index >= 15 is 0 Å². The Labute approximate surface area is 123 Å². The maximum absolute atomic E-state index is 4.79. The average molecular weight is 276 g/mol. The van der Waals surface area contributed by atoms with Crippen LogP contribution in [-0.4, -0.2) is 29.1 Å². The Morgan fingerprint density at radius 3 is 2.55 bits per heavy atom. The van der Waals surface area contributed by atoms with Crippen LogP contribution in [0.15, 0.2) is 12.4 Å². The fraction of sp³-hybridized carbons (Fsp3) is 0.750. The first kappa shape index (κ1) is 15.2. The number of hydrogen-bond donors (Lipinski definition) is 1. The van der Waals surface area contributed by atoms with Crippen molar-refractivity contribution in [1.29, 1.82) is 0 Å². The van der Waals surface area contributed by atoms with E-state index in [2.05, 4.69) is 42.9 Å². The van der Waals surface area contributed by atoms with Gasteiger partial charge in [-0.1, -0.05) is 27.7 Å². The summed E-state index contributed by atoms with van der Waals surface area (Å²) in [5.74, 6) is 2.36. The molecule has 4 nitrogen and oxygen atoms in total. The van der Waals surface area contributed by atoms with Gasteiger partial charge in [0, 0.05) is 25.3 Å². The van der Waals surface area contributed by atoms with E-state index in [1.54, 1.807) is 0 Å². The first-order chi connectivity index (χ1) is 9.56. The van der Waals surface area contributed by atoms with Crippen LogP contribution in [0.3, 0.4) is 0 Å². The first-order valence-corrected chi connectivity index (χ1v) is 7.84. The van der Waals surface area contributed by atoms with Crippen molar-refractivity contribution in [3.8, 4) is 0 Å². The summed E-state index contributed by atoms with van der Waals surface area (Å²) in [5, 5.41) is 3.43. The monoisotopic (exact) mass is 276 g/mol. The van der Waals surface area contributed by atoms with Gasteiger partial charge in [0.25, 0.3) is 0 Å². The summed E-state index contributed by atoms with van der Waals surface area (Å²) >= 11 is 0. The van der Waals surface area contributed by atoms with Crippen LogP contribution >= 0.6 is 0 Å². The minimum atomic E-state index is 0.653. The van der Waals surface area contributed by atoms with Crippen LogP contribution in [0.2, 0.25) is 0 Å². The maximum atomic E-state index is 4.79. The average Bonchev–Trinajstić information content (AvgIpc) is 3.20. The zero-order chi connectivity index (χ0) is 14.5. The van der Waals surface area contributed by atoms with Crippen LogP contribution in [0, 0.1) is 11.8 Å². The molecule has 20 heavy (non-hydrogen) atoms. The molecular weight excluding hydrogens is 248 g/mol. The molecule has 1 N–H and O–H groups in total. The lowest BCUT2D eigenvalue weighted by Crippen LogP contribution is -2.31. The van der Waals surface area contributed by atoms with Crippen molar-refractivity contribution in [1.82, 2.24) is 15.3 Å². The van der Waals surface area contributed by atoms with Gasteiger partial charge in [0.05, 0.1) is 11.9 Å². The van der Waals surface area contributed by atoms with Crippen molar-refractivity contribution in [3.63, 3.8) is 0 Å². The van der Waals surface area contributed by atoms with Gasteiger partial charge in [-0.05, 0) is 31.2 Å². The molecule has 0 atom stereocenters. The fourth-order valence-electron chi connectivity index (χ4n) is 2.32. The summed E-state index contributed by atoms with van der Waals surface area (Å²) in [6.07, 6.45) is 6.37. The van der Waals surface area contributed by atoms with Crippen LogP contribution < -0.4 is 10.2 Å². The second kappa shape index (κ2) is 7.02. The van der Waals surface area contributed by atoms with Crippen molar-refractivity contribution in [2.75, 3.05) is 18.0 Å². The molecule has 1 fully saturated rings. The quantitative estimate of drug-likeness (QED) is 0.792. The highest BCUT2D eigenvalue weighted by Crippen LogP contribution is 2.31. The number of rotatable bonds is 8. The summed E-state index contributed by atoms with van der Waals surface area (Å²) in [6.45, 7) is 11.8. The number of nitrogens with one attached hydrogen (secondary N) is 1. The molecular formula is C16H28N4. The lowest BCUT2D eigenvalue weighted by Gasteiger charge is -2.25. The summed E-state index contributed by atoms with van der Waals surface area (Å²) in [4.78, 5) is 11.6. The van der Waals surface area contributed by atoms with Crippen molar-refractivity contribution >= 4 is 5.82 Å². The first-order valence-electron chi connectivity index (χ1n) is 7.84. The second-order valence-electron chi connectivity index (χ2n) is 6.67. The van der Waals surface area contributed by atoms with Gasteiger partial charge in [-0.3, -0.25) is 4.98 Å². The Bertz CT molecular complexity index is 413. The smallest absolute Gasteiger partial charge is 0.147 e. The minimum absolute atomic E-state index is 0.653. The molecule has 0 spiro atoms. The Morgan fingerprint density at radius 1 is 1.20 bits per heavy atom. The van der Waals surface area contributed by atoms with E-state index in [9.17, 15) is 0 Å². The van der Waals surface area contributed by atoms with E-state index in [0.29, 0.717) is 17.9 Å². The normalized spacial score (nSPS) is 15.1. The number of aromatic nitrogens is 2. The van der Waals surface area contributed by atoms with Gasteiger partial charge in [0.1, 0.15) is 5.82 Å². The van der Waals surface area contributed by atoms with E-state index in [-0.39, 0.29) is 0 Å². The topological polar surface area (TPSA) is 41.1 Å². The predicted octanol–water partition coefficient (Wildman–Crippen LogP) is 2.85. The highest BCUT2D eigenvalue weighted by molar-refractivity contribution is 5.39. The van der Waals surface area contributed by atoms with Gasteiger partial charge in [-0.25, -0.2) is 4.98 Å². The van der Waals surface area contributed by atoms with Crippen LogP contribution in [0.5, 0.6) is 0 Å². The molecule has 0 radical (unpaired) electrons. The van der Waals surface area contributed by atoms with E-state index < -0.39 is 0 Å². The van der Waals surface area contributed by atoms with Gasteiger partial charge in [0.2, 0.25) is 0 Å². The summed E-state index contributed by atoms with van der Waals surface area (Å²) in [5.41, 5.74) is 1.04. The van der Waals surface area contributed by atoms with Crippen molar-refractivity contribution in [3.05, 3.63) is 18.1 Å². The molecule has 1 aliphatic rings. The SMILES string of the molecule is CC(C)CNCc1cncc(N(CC(C)C)C2CC2)n1. The molecule has 0 bridgehead atoms. The third-order valence-electron chi connectivity index (χ3n) is 3.37. The molecule has 1 aromatic rings. The van der Waals surface area contributed by atoms with Crippen LogP contribution in [0.4, 0.5) is 5.82 Å². The third kappa shape index (κ3) is 4.75. The van der Waals surface area contributed by atoms with Gasteiger partial charge in [-0.2, -0.15) is 0 Å². The number of hydrogen-bond acceptors (Lipinski definition) is 4. The van der Waals surface area contributed by atoms with E-state index in [1.807, 2.05) is 12.4 Å². The molecule has 1 saturated carbocycles. The van der Waals surface area contributed by atoms with Crippen molar-refractivity contribution in [2.45, 2.75) is 53.1 Å².